The Hall–Kier alpha value is -2.33. The second-order valence-electron chi connectivity index (χ2n) is 5.64. The number of rotatable bonds is 6. The predicted octanol–water partition coefficient (Wildman–Crippen LogP) is -1.34. The number of carboxylic acid groups (broad SMARTS) is 1. The molecule has 9 heteroatoms. The molecular formula is C16H19NO8. The number of hydrogen-bond donors (Lipinski definition) is 5. The molecule has 1 fully saturated rings. The molecule has 136 valence electrons. The number of Topliss-reactive ketones (excluding diaryl/α,β-unsaturated/α-hetero) is 1. The highest BCUT2D eigenvalue weighted by Gasteiger charge is 2.47. The van der Waals surface area contributed by atoms with Crippen LogP contribution < -0.4 is 5.32 Å². The summed E-state index contributed by atoms with van der Waals surface area (Å²) < 4.78 is 4.93. The summed E-state index contributed by atoms with van der Waals surface area (Å²) in [5, 5.41) is 40.2. The number of ether oxygens (including phenoxy) is 1. The Morgan fingerprint density at radius 2 is 1.60 bits per heavy atom. The Morgan fingerprint density at radius 3 is 2.20 bits per heavy atom. The van der Waals surface area contributed by atoms with Crippen molar-refractivity contribution in [1.82, 2.24) is 5.32 Å². The van der Waals surface area contributed by atoms with Crippen molar-refractivity contribution >= 4 is 17.7 Å². The molecule has 0 saturated carbocycles. The molecule has 1 heterocycles. The quantitative estimate of drug-likeness (QED) is 0.394. The average Bonchev–Trinajstić information content (AvgIpc) is 2.60. The second-order valence-corrected chi connectivity index (χ2v) is 5.64. The van der Waals surface area contributed by atoms with Gasteiger partial charge in [0.25, 0.3) is 0 Å². The highest BCUT2D eigenvalue weighted by molar-refractivity contribution is 5.97. The molecule has 1 aromatic carbocycles. The van der Waals surface area contributed by atoms with Gasteiger partial charge in [-0.3, -0.25) is 9.59 Å². The fourth-order valence-electron chi connectivity index (χ4n) is 2.43. The molecule has 1 amide bonds. The number of carbonyl (C=O) groups is 3. The first-order valence-electron chi connectivity index (χ1n) is 7.61. The Morgan fingerprint density at radius 1 is 0.960 bits per heavy atom. The number of carboxylic acids is 1. The number of aliphatic carboxylic acids is 1. The summed E-state index contributed by atoms with van der Waals surface area (Å²) in [4.78, 5) is 34.8. The first kappa shape index (κ1) is 19.0. The number of nitrogens with one attached hydrogen (secondary N) is 1. The standard InChI is InChI=1S/C16H19NO8/c18-9(8-4-2-1-3-5-8)6-7-10(19)17-15-13(22)11(20)12(21)14(25-15)16(23)24/h1-5,11-15,20-22H,6-7H2,(H,17,19)(H,23,24)/t11?,12-,13?,14?,15+/m0/s1. The van der Waals surface area contributed by atoms with E-state index in [1.807, 2.05) is 0 Å². The lowest BCUT2D eigenvalue weighted by Gasteiger charge is -2.38. The number of aliphatic hydroxyl groups is 3. The van der Waals surface area contributed by atoms with Crippen molar-refractivity contribution in [3.05, 3.63) is 35.9 Å². The van der Waals surface area contributed by atoms with Crippen LogP contribution in [0, 0.1) is 0 Å². The molecule has 1 aromatic rings. The molecule has 0 aliphatic carbocycles. The van der Waals surface area contributed by atoms with Crippen molar-refractivity contribution in [2.24, 2.45) is 0 Å². The topological polar surface area (TPSA) is 153 Å². The molecule has 9 nitrogen and oxygen atoms in total. The van der Waals surface area contributed by atoms with Crippen molar-refractivity contribution < 1.29 is 39.5 Å². The Balaban J connectivity index is 1.90. The van der Waals surface area contributed by atoms with E-state index in [9.17, 15) is 29.7 Å². The third kappa shape index (κ3) is 4.60. The predicted molar refractivity (Wildman–Crippen MR) is 82.5 cm³/mol. The Labute approximate surface area is 142 Å². The van der Waals surface area contributed by atoms with Crippen molar-refractivity contribution in [2.45, 2.75) is 43.5 Å². The molecule has 25 heavy (non-hydrogen) atoms. The Bertz CT molecular complexity index is 634. The highest BCUT2D eigenvalue weighted by atomic mass is 16.6. The van der Waals surface area contributed by atoms with Crippen molar-refractivity contribution in [3.63, 3.8) is 0 Å². The number of aliphatic hydroxyl groups excluding tert-OH is 3. The summed E-state index contributed by atoms with van der Waals surface area (Å²) in [7, 11) is 0. The molecule has 1 aliphatic heterocycles. The Kier molecular flexibility index (Phi) is 6.21. The van der Waals surface area contributed by atoms with E-state index in [1.165, 1.54) is 0 Å². The van der Waals surface area contributed by atoms with Crippen LogP contribution >= 0.6 is 0 Å². The normalized spacial score (nSPS) is 29.0. The van der Waals surface area contributed by atoms with E-state index in [0.717, 1.165) is 0 Å². The monoisotopic (exact) mass is 353 g/mol. The summed E-state index contributed by atoms with van der Waals surface area (Å²) >= 11 is 0. The molecule has 1 saturated heterocycles. The van der Waals surface area contributed by atoms with E-state index in [-0.39, 0.29) is 18.6 Å². The van der Waals surface area contributed by atoms with Gasteiger partial charge in [0.2, 0.25) is 5.91 Å². The lowest BCUT2D eigenvalue weighted by atomic mass is 9.98. The van der Waals surface area contributed by atoms with Crippen molar-refractivity contribution in [2.75, 3.05) is 0 Å². The van der Waals surface area contributed by atoms with E-state index in [1.54, 1.807) is 30.3 Å². The van der Waals surface area contributed by atoms with E-state index >= 15 is 0 Å². The SMILES string of the molecule is O=C(CCC(=O)c1ccccc1)N[C@@H]1OC(C(=O)O)[C@@H](O)C(O)C1O. The zero-order chi connectivity index (χ0) is 18.6. The number of benzene rings is 1. The molecule has 5 N–H and O–H groups in total. The zero-order valence-corrected chi connectivity index (χ0v) is 13.1. The summed E-state index contributed by atoms with van der Waals surface area (Å²) in [6.45, 7) is 0. The maximum atomic E-state index is 11.9. The minimum Gasteiger partial charge on any atom is -0.479 e. The van der Waals surface area contributed by atoms with E-state index in [2.05, 4.69) is 5.32 Å². The maximum absolute atomic E-state index is 11.9. The van der Waals surface area contributed by atoms with Gasteiger partial charge in [-0.25, -0.2) is 4.79 Å². The van der Waals surface area contributed by atoms with Crippen molar-refractivity contribution in [1.29, 1.82) is 0 Å². The summed E-state index contributed by atoms with van der Waals surface area (Å²) in [5.41, 5.74) is 0.453. The average molecular weight is 353 g/mol. The first-order chi connectivity index (χ1) is 11.8. The molecule has 2 rings (SSSR count). The third-order valence-corrected chi connectivity index (χ3v) is 3.83. The lowest BCUT2D eigenvalue weighted by Crippen LogP contribution is -2.64. The summed E-state index contributed by atoms with van der Waals surface area (Å²) in [6.07, 6.45) is -8.96. The molecule has 0 aromatic heterocycles. The van der Waals surface area contributed by atoms with Gasteiger partial charge in [-0.2, -0.15) is 0 Å². The van der Waals surface area contributed by atoms with Gasteiger partial charge in [0.15, 0.2) is 18.1 Å². The molecule has 5 atom stereocenters. The lowest BCUT2D eigenvalue weighted by molar-refractivity contribution is -0.233. The summed E-state index contributed by atoms with van der Waals surface area (Å²) in [5.74, 6) is -2.46. The van der Waals surface area contributed by atoms with E-state index in [0.29, 0.717) is 5.56 Å². The minimum absolute atomic E-state index is 0.0911. The number of hydrogen-bond acceptors (Lipinski definition) is 7. The fraction of sp³-hybridized carbons (Fsp3) is 0.438. The van der Waals surface area contributed by atoms with Crippen LogP contribution in [0.15, 0.2) is 30.3 Å². The second kappa shape index (κ2) is 8.17. The van der Waals surface area contributed by atoms with Crippen LogP contribution in [0.2, 0.25) is 0 Å². The molecule has 0 bridgehead atoms. The van der Waals surface area contributed by atoms with Gasteiger partial charge >= 0.3 is 5.97 Å². The molecule has 0 radical (unpaired) electrons. The fourth-order valence-corrected chi connectivity index (χ4v) is 2.43. The molecule has 0 spiro atoms. The van der Waals surface area contributed by atoms with Gasteiger partial charge in [-0.1, -0.05) is 30.3 Å². The first-order valence-corrected chi connectivity index (χ1v) is 7.61. The summed E-state index contributed by atoms with van der Waals surface area (Å²) in [6, 6.07) is 8.37. The molecule has 3 unspecified atom stereocenters. The van der Waals surface area contributed by atoms with Gasteiger partial charge in [-0.05, 0) is 0 Å². The highest BCUT2D eigenvalue weighted by Crippen LogP contribution is 2.20. The van der Waals surface area contributed by atoms with Gasteiger partial charge in [-0.15, -0.1) is 0 Å². The zero-order valence-electron chi connectivity index (χ0n) is 13.1. The molecular weight excluding hydrogens is 334 g/mol. The number of ketones is 1. The van der Waals surface area contributed by atoms with Crippen LogP contribution in [0.1, 0.15) is 23.2 Å². The van der Waals surface area contributed by atoms with Gasteiger partial charge < -0.3 is 30.5 Å². The van der Waals surface area contributed by atoms with E-state index < -0.39 is 42.5 Å². The minimum atomic E-state index is -1.83. The van der Waals surface area contributed by atoms with E-state index in [4.69, 9.17) is 9.84 Å². The number of amides is 1. The van der Waals surface area contributed by atoms with Gasteiger partial charge in [0, 0.05) is 18.4 Å². The van der Waals surface area contributed by atoms with Gasteiger partial charge in [0.05, 0.1) is 0 Å². The third-order valence-electron chi connectivity index (χ3n) is 3.83. The molecule has 1 aliphatic rings. The number of carbonyl (C=O) groups excluding carboxylic acids is 2. The van der Waals surface area contributed by atoms with Crippen LogP contribution in [0.4, 0.5) is 0 Å². The van der Waals surface area contributed by atoms with Crippen molar-refractivity contribution in [3.8, 4) is 0 Å². The van der Waals surface area contributed by atoms with Crippen LogP contribution in [-0.4, -0.2) is 68.7 Å². The maximum Gasteiger partial charge on any atom is 0.335 e. The smallest absolute Gasteiger partial charge is 0.335 e. The largest absolute Gasteiger partial charge is 0.479 e. The van der Waals surface area contributed by atoms with Gasteiger partial charge in [0.1, 0.15) is 18.3 Å². The van der Waals surface area contributed by atoms with Crippen LogP contribution in [0.3, 0.4) is 0 Å². The van der Waals surface area contributed by atoms with Crippen LogP contribution in [0.5, 0.6) is 0 Å². The van der Waals surface area contributed by atoms with Crippen LogP contribution in [0.25, 0.3) is 0 Å². The van der Waals surface area contributed by atoms with Crippen LogP contribution in [-0.2, 0) is 14.3 Å².